The predicted molar refractivity (Wildman–Crippen MR) is 160 cm³/mol. The average molecular weight is 535 g/mol. The van der Waals surface area contributed by atoms with Crippen molar-refractivity contribution in [2.45, 2.75) is 103 Å². The summed E-state index contributed by atoms with van der Waals surface area (Å²) in [5, 5.41) is 0. The molecular formula is C34H47FN2O2. The van der Waals surface area contributed by atoms with E-state index >= 15 is 0 Å². The third kappa shape index (κ3) is 11.8. The molecule has 3 aromatic rings. The van der Waals surface area contributed by atoms with Gasteiger partial charge in [-0.2, -0.15) is 0 Å². The SMILES string of the molecule is CCCCCCCCCCOc1ccc(-c2ncc(-c3ccc(OCC(F)CCCCCC)cc3)cn2)cc1. The maximum Gasteiger partial charge on any atom is 0.159 e. The van der Waals surface area contributed by atoms with Crippen LogP contribution in [-0.4, -0.2) is 29.4 Å². The van der Waals surface area contributed by atoms with Crippen molar-refractivity contribution in [3.63, 3.8) is 0 Å². The number of benzene rings is 2. The number of rotatable bonds is 20. The van der Waals surface area contributed by atoms with Gasteiger partial charge in [-0.15, -0.1) is 0 Å². The number of hydrogen-bond donors (Lipinski definition) is 0. The van der Waals surface area contributed by atoms with Gasteiger partial charge < -0.3 is 9.47 Å². The van der Waals surface area contributed by atoms with Gasteiger partial charge in [0.1, 0.15) is 24.3 Å². The van der Waals surface area contributed by atoms with Crippen molar-refractivity contribution < 1.29 is 13.9 Å². The zero-order valence-electron chi connectivity index (χ0n) is 24.0. The van der Waals surface area contributed by atoms with Crippen LogP contribution >= 0.6 is 0 Å². The van der Waals surface area contributed by atoms with Crippen LogP contribution < -0.4 is 9.47 Å². The Hall–Kier alpha value is -2.95. The molecule has 0 aliphatic rings. The van der Waals surface area contributed by atoms with Crippen LogP contribution in [0.25, 0.3) is 22.5 Å². The van der Waals surface area contributed by atoms with Crippen molar-refractivity contribution in [2.75, 3.05) is 13.2 Å². The Morgan fingerprint density at radius 1 is 0.590 bits per heavy atom. The fourth-order valence-corrected chi connectivity index (χ4v) is 4.56. The predicted octanol–water partition coefficient (Wildman–Crippen LogP) is 10.0. The summed E-state index contributed by atoms with van der Waals surface area (Å²) in [5.74, 6) is 2.25. The second kappa shape index (κ2) is 18.4. The molecule has 0 aliphatic heterocycles. The van der Waals surface area contributed by atoms with Crippen LogP contribution in [0.1, 0.15) is 97.3 Å². The zero-order chi connectivity index (χ0) is 27.5. The van der Waals surface area contributed by atoms with Gasteiger partial charge in [0.05, 0.1) is 6.61 Å². The molecule has 212 valence electrons. The highest BCUT2D eigenvalue weighted by atomic mass is 19.1. The van der Waals surface area contributed by atoms with E-state index in [4.69, 9.17) is 9.47 Å². The van der Waals surface area contributed by atoms with Crippen molar-refractivity contribution in [3.05, 3.63) is 60.9 Å². The summed E-state index contributed by atoms with van der Waals surface area (Å²) in [7, 11) is 0. The number of aromatic nitrogens is 2. The number of hydrogen-bond acceptors (Lipinski definition) is 4. The first kappa shape index (κ1) is 30.6. The van der Waals surface area contributed by atoms with Crippen LogP contribution in [0.4, 0.5) is 4.39 Å². The van der Waals surface area contributed by atoms with Crippen LogP contribution in [0.15, 0.2) is 60.9 Å². The van der Waals surface area contributed by atoms with Gasteiger partial charge in [0.2, 0.25) is 0 Å². The van der Waals surface area contributed by atoms with Gasteiger partial charge in [0.25, 0.3) is 0 Å². The summed E-state index contributed by atoms with van der Waals surface area (Å²) in [6.45, 7) is 5.28. The summed E-state index contributed by atoms with van der Waals surface area (Å²) in [4.78, 5) is 9.14. The monoisotopic (exact) mass is 534 g/mol. The number of halogens is 1. The molecular weight excluding hydrogens is 487 g/mol. The normalized spacial score (nSPS) is 11.9. The van der Waals surface area contributed by atoms with E-state index in [1.807, 2.05) is 60.9 Å². The zero-order valence-corrected chi connectivity index (χ0v) is 24.0. The van der Waals surface area contributed by atoms with Gasteiger partial charge in [-0.1, -0.05) is 96.6 Å². The van der Waals surface area contributed by atoms with E-state index in [1.165, 1.54) is 51.4 Å². The van der Waals surface area contributed by atoms with Crippen LogP contribution in [0, 0.1) is 0 Å². The molecule has 1 unspecified atom stereocenters. The van der Waals surface area contributed by atoms with Crippen LogP contribution in [0.2, 0.25) is 0 Å². The summed E-state index contributed by atoms with van der Waals surface area (Å²) >= 11 is 0. The third-order valence-corrected chi connectivity index (χ3v) is 7.02. The standard InChI is InChI=1S/C34H47FN2O2/c1-3-5-7-9-10-11-12-14-24-38-32-22-18-29(19-23-32)34-36-25-30(26-37-34)28-16-20-33(21-17-28)39-27-31(35)15-13-8-6-4-2/h16-23,25-26,31H,3-15,24,27H2,1-2H3. The number of alkyl halides is 1. The molecule has 0 radical (unpaired) electrons. The maximum absolute atomic E-state index is 14.0. The van der Waals surface area contributed by atoms with E-state index in [1.54, 1.807) is 0 Å². The second-order valence-corrected chi connectivity index (χ2v) is 10.4. The van der Waals surface area contributed by atoms with Crippen molar-refractivity contribution in [1.29, 1.82) is 0 Å². The maximum atomic E-state index is 14.0. The highest BCUT2D eigenvalue weighted by Gasteiger charge is 2.08. The molecule has 2 aromatic carbocycles. The Bertz CT molecular complexity index is 1020. The van der Waals surface area contributed by atoms with Gasteiger partial charge in [-0.25, -0.2) is 14.4 Å². The van der Waals surface area contributed by atoms with Gasteiger partial charge in [-0.3, -0.25) is 0 Å². The second-order valence-electron chi connectivity index (χ2n) is 10.4. The van der Waals surface area contributed by atoms with E-state index in [0.29, 0.717) is 18.0 Å². The molecule has 0 saturated heterocycles. The number of nitrogens with zero attached hydrogens (tertiary/aromatic N) is 2. The lowest BCUT2D eigenvalue weighted by Crippen LogP contribution is -2.12. The highest BCUT2D eigenvalue weighted by Crippen LogP contribution is 2.24. The first-order valence-corrected chi connectivity index (χ1v) is 15.1. The van der Waals surface area contributed by atoms with Crippen LogP contribution in [-0.2, 0) is 0 Å². The van der Waals surface area contributed by atoms with Crippen molar-refractivity contribution in [2.24, 2.45) is 0 Å². The van der Waals surface area contributed by atoms with Gasteiger partial charge in [0.15, 0.2) is 5.82 Å². The third-order valence-electron chi connectivity index (χ3n) is 7.02. The van der Waals surface area contributed by atoms with Gasteiger partial charge >= 0.3 is 0 Å². The van der Waals surface area contributed by atoms with Crippen molar-refractivity contribution in [3.8, 4) is 34.0 Å². The smallest absolute Gasteiger partial charge is 0.159 e. The molecule has 4 nitrogen and oxygen atoms in total. The molecule has 0 amide bonds. The first-order valence-electron chi connectivity index (χ1n) is 15.1. The molecule has 0 spiro atoms. The molecule has 0 saturated carbocycles. The molecule has 39 heavy (non-hydrogen) atoms. The molecule has 0 fully saturated rings. The molecule has 0 bridgehead atoms. The first-order chi connectivity index (χ1) is 19.2. The molecule has 0 aliphatic carbocycles. The van der Waals surface area contributed by atoms with Crippen molar-refractivity contribution in [1.82, 2.24) is 9.97 Å². The quantitative estimate of drug-likeness (QED) is 0.135. The summed E-state index contributed by atoms with van der Waals surface area (Å²) < 4.78 is 25.6. The summed E-state index contributed by atoms with van der Waals surface area (Å²) in [6, 6.07) is 15.7. The van der Waals surface area contributed by atoms with E-state index < -0.39 is 6.17 Å². The summed E-state index contributed by atoms with van der Waals surface area (Å²) in [5.41, 5.74) is 2.88. The lowest BCUT2D eigenvalue weighted by molar-refractivity contribution is 0.184. The van der Waals surface area contributed by atoms with E-state index in [2.05, 4.69) is 23.8 Å². The molecule has 1 aromatic heterocycles. The molecule has 1 atom stereocenters. The van der Waals surface area contributed by atoms with Gasteiger partial charge in [0, 0.05) is 23.5 Å². The Kier molecular flexibility index (Phi) is 14.4. The summed E-state index contributed by atoms with van der Waals surface area (Å²) in [6.07, 6.45) is 18.0. The minimum atomic E-state index is -0.919. The Morgan fingerprint density at radius 2 is 1.10 bits per heavy atom. The van der Waals surface area contributed by atoms with E-state index in [9.17, 15) is 4.39 Å². The number of ether oxygens (including phenoxy) is 2. The lowest BCUT2D eigenvalue weighted by atomic mass is 10.1. The molecule has 0 N–H and O–H groups in total. The topological polar surface area (TPSA) is 44.2 Å². The largest absolute Gasteiger partial charge is 0.494 e. The molecule has 1 heterocycles. The fraction of sp³-hybridized carbons (Fsp3) is 0.529. The average Bonchev–Trinajstić information content (AvgIpc) is 2.98. The fourth-order valence-electron chi connectivity index (χ4n) is 4.56. The lowest BCUT2D eigenvalue weighted by Gasteiger charge is -2.11. The van der Waals surface area contributed by atoms with Crippen molar-refractivity contribution >= 4 is 0 Å². The van der Waals surface area contributed by atoms with E-state index in [0.717, 1.165) is 54.7 Å². The minimum absolute atomic E-state index is 0.103. The van der Waals surface area contributed by atoms with Crippen LogP contribution in [0.5, 0.6) is 11.5 Å². The Balaban J connectivity index is 1.39. The van der Waals surface area contributed by atoms with Gasteiger partial charge in [-0.05, 0) is 54.8 Å². The molecule has 3 rings (SSSR count). The van der Waals surface area contributed by atoms with E-state index in [-0.39, 0.29) is 6.61 Å². The number of unbranched alkanes of at least 4 members (excludes halogenated alkanes) is 10. The van der Waals surface area contributed by atoms with Crippen LogP contribution in [0.3, 0.4) is 0 Å². The minimum Gasteiger partial charge on any atom is -0.494 e. The Morgan fingerprint density at radius 3 is 1.72 bits per heavy atom. The highest BCUT2D eigenvalue weighted by molar-refractivity contribution is 5.64. The molecule has 5 heteroatoms. The Labute approximate surface area is 235 Å².